The maximum Gasteiger partial charge on any atom is 0.148 e. The molecule has 0 amide bonds. The van der Waals surface area contributed by atoms with Crippen LogP contribution in [-0.2, 0) is 11.8 Å². The van der Waals surface area contributed by atoms with Gasteiger partial charge in [-0.25, -0.2) is 0 Å². The molecule has 1 aliphatic rings. The number of ether oxygens (including phenoxy) is 1. The van der Waals surface area contributed by atoms with Crippen LogP contribution in [0.1, 0.15) is 26.7 Å². The first-order valence-corrected chi connectivity index (χ1v) is 6.03. The van der Waals surface area contributed by atoms with Gasteiger partial charge in [0.25, 0.3) is 0 Å². The summed E-state index contributed by atoms with van der Waals surface area (Å²) in [6.07, 6.45) is 4.49. The summed E-state index contributed by atoms with van der Waals surface area (Å²) in [6, 6.07) is 2.51. The van der Waals surface area contributed by atoms with Gasteiger partial charge in [-0.05, 0) is 18.8 Å². The van der Waals surface area contributed by atoms with E-state index in [0.717, 1.165) is 25.3 Å². The van der Waals surface area contributed by atoms with Crippen LogP contribution in [0.25, 0.3) is 0 Å². The number of hydrogen-bond acceptors (Lipinski definition) is 3. The molecule has 1 N–H and O–H groups in total. The first-order valence-electron chi connectivity index (χ1n) is 6.03. The standard InChI is InChI=1S/C12H21N3O/c1-9(2)11-8-10(5-7-16-11)13-12-4-6-15(3)14-12/h4,6,9-11H,5,7-8H2,1-3H3,(H,13,14). The van der Waals surface area contributed by atoms with Crippen LogP contribution < -0.4 is 5.32 Å². The third-order valence-electron chi connectivity index (χ3n) is 3.12. The van der Waals surface area contributed by atoms with Gasteiger partial charge in [-0.2, -0.15) is 5.10 Å². The van der Waals surface area contributed by atoms with Crippen molar-refractivity contribution in [3.63, 3.8) is 0 Å². The summed E-state index contributed by atoms with van der Waals surface area (Å²) in [5, 5.41) is 7.81. The first kappa shape index (κ1) is 11.5. The molecule has 4 nitrogen and oxygen atoms in total. The highest BCUT2D eigenvalue weighted by atomic mass is 16.5. The molecule has 1 aromatic heterocycles. The molecule has 1 fully saturated rings. The lowest BCUT2D eigenvalue weighted by Crippen LogP contribution is -2.36. The van der Waals surface area contributed by atoms with Gasteiger partial charge in [0, 0.05) is 32.0 Å². The topological polar surface area (TPSA) is 39.1 Å². The summed E-state index contributed by atoms with van der Waals surface area (Å²) in [6.45, 7) is 5.29. The van der Waals surface area contributed by atoms with Gasteiger partial charge < -0.3 is 10.1 Å². The second-order valence-electron chi connectivity index (χ2n) is 4.89. The fourth-order valence-electron chi connectivity index (χ4n) is 2.12. The molecule has 1 aromatic rings. The van der Waals surface area contributed by atoms with Gasteiger partial charge in [-0.3, -0.25) is 4.68 Å². The number of rotatable bonds is 3. The van der Waals surface area contributed by atoms with Crippen LogP contribution in [0.3, 0.4) is 0 Å². The number of aromatic nitrogens is 2. The lowest BCUT2D eigenvalue weighted by molar-refractivity contribution is -0.0161. The molecule has 0 aliphatic carbocycles. The van der Waals surface area contributed by atoms with E-state index in [2.05, 4.69) is 24.3 Å². The summed E-state index contributed by atoms with van der Waals surface area (Å²) < 4.78 is 7.57. The fourth-order valence-corrected chi connectivity index (χ4v) is 2.12. The summed E-state index contributed by atoms with van der Waals surface area (Å²) in [4.78, 5) is 0. The zero-order chi connectivity index (χ0) is 11.5. The van der Waals surface area contributed by atoms with Crippen LogP contribution in [0.4, 0.5) is 5.82 Å². The zero-order valence-corrected chi connectivity index (χ0v) is 10.3. The molecular formula is C12H21N3O. The molecule has 2 atom stereocenters. The molecule has 90 valence electrons. The Labute approximate surface area is 97.0 Å². The molecule has 1 aliphatic heterocycles. The van der Waals surface area contributed by atoms with Crippen LogP contribution in [0.15, 0.2) is 12.3 Å². The van der Waals surface area contributed by atoms with Gasteiger partial charge >= 0.3 is 0 Å². The molecule has 2 rings (SSSR count). The predicted molar refractivity (Wildman–Crippen MR) is 64.4 cm³/mol. The van der Waals surface area contributed by atoms with Gasteiger partial charge in [-0.1, -0.05) is 13.8 Å². The SMILES string of the molecule is CC(C)C1CC(Nc2ccn(C)n2)CCO1. The number of nitrogens with zero attached hydrogens (tertiary/aromatic N) is 2. The monoisotopic (exact) mass is 223 g/mol. The van der Waals surface area contributed by atoms with Gasteiger partial charge in [0.1, 0.15) is 5.82 Å². The summed E-state index contributed by atoms with van der Waals surface area (Å²) in [5.74, 6) is 1.56. The minimum Gasteiger partial charge on any atom is -0.378 e. The molecule has 1 saturated heterocycles. The molecule has 4 heteroatoms. The van der Waals surface area contributed by atoms with E-state index < -0.39 is 0 Å². The molecule has 2 heterocycles. The Hall–Kier alpha value is -1.03. The Morgan fingerprint density at radius 2 is 2.38 bits per heavy atom. The van der Waals surface area contributed by atoms with Crippen molar-refractivity contribution in [1.29, 1.82) is 0 Å². The highest BCUT2D eigenvalue weighted by molar-refractivity contribution is 5.33. The van der Waals surface area contributed by atoms with E-state index in [-0.39, 0.29) is 0 Å². The Bertz CT molecular complexity index is 335. The molecule has 0 saturated carbocycles. The van der Waals surface area contributed by atoms with E-state index in [9.17, 15) is 0 Å². The quantitative estimate of drug-likeness (QED) is 0.852. The Balaban J connectivity index is 1.90. The lowest BCUT2D eigenvalue weighted by atomic mass is 9.95. The minimum absolute atomic E-state index is 0.384. The maximum atomic E-state index is 5.75. The molecule has 0 spiro atoms. The lowest BCUT2D eigenvalue weighted by Gasteiger charge is -2.32. The van der Waals surface area contributed by atoms with E-state index in [1.54, 1.807) is 0 Å². The predicted octanol–water partition coefficient (Wildman–Crippen LogP) is 2.04. The van der Waals surface area contributed by atoms with Crippen molar-refractivity contribution in [3.05, 3.63) is 12.3 Å². The highest BCUT2D eigenvalue weighted by Gasteiger charge is 2.24. The summed E-state index contributed by atoms with van der Waals surface area (Å²) >= 11 is 0. The van der Waals surface area contributed by atoms with Crippen molar-refractivity contribution < 1.29 is 4.74 Å². The van der Waals surface area contributed by atoms with E-state index >= 15 is 0 Å². The van der Waals surface area contributed by atoms with E-state index in [1.807, 2.05) is 24.0 Å². The second-order valence-corrected chi connectivity index (χ2v) is 4.89. The van der Waals surface area contributed by atoms with Crippen LogP contribution in [-0.4, -0.2) is 28.5 Å². The molecule has 2 unspecified atom stereocenters. The summed E-state index contributed by atoms with van der Waals surface area (Å²) in [7, 11) is 1.94. The average molecular weight is 223 g/mol. The van der Waals surface area contributed by atoms with Crippen molar-refractivity contribution >= 4 is 5.82 Å². The van der Waals surface area contributed by atoms with Crippen LogP contribution in [0.2, 0.25) is 0 Å². The van der Waals surface area contributed by atoms with Gasteiger partial charge in [0.2, 0.25) is 0 Å². The van der Waals surface area contributed by atoms with Gasteiger partial charge in [0.15, 0.2) is 0 Å². The van der Waals surface area contributed by atoms with Crippen LogP contribution in [0.5, 0.6) is 0 Å². The van der Waals surface area contributed by atoms with Crippen molar-refractivity contribution in [1.82, 2.24) is 9.78 Å². The number of hydrogen-bond donors (Lipinski definition) is 1. The van der Waals surface area contributed by atoms with Crippen LogP contribution in [0, 0.1) is 5.92 Å². The van der Waals surface area contributed by atoms with E-state index in [0.29, 0.717) is 18.1 Å². The normalized spacial score (nSPS) is 26.0. The molecule has 16 heavy (non-hydrogen) atoms. The average Bonchev–Trinajstić information content (AvgIpc) is 2.64. The Morgan fingerprint density at radius 3 is 3.00 bits per heavy atom. The molecular weight excluding hydrogens is 202 g/mol. The molecule has 0 bridgehead atoms. The molecule has 0 aromatic carbocycles. The van der Waals surface area contributed by atoms with Crippen molar-refractivity contribution in [3.8, 4) is 0 Å². The number of nitrogens with one attached hydrogen (secondary N) is 1. The van der Waals surface area contributed by atoms with E-state index in [1.165, 1.54) is 0 Å². The summed E-state index contributed by atoms with van der Waals surface area (Å²) in [5.41, 5.74) is 0. The van der Waals surface area contributed by atoms with Crippen molar-refractivity contribution in [2.75, 3.05) is 11.9 Å². The smallest absolute Gasteiger partial charge is 0.148 e. The minimum atomic E-state index is 0.384. The van der Waals surface area contributed by atoms with Crippen LogP contribution >= 0.6 is 0 Å². The molecule has 0 radical (unpaired) electrons. The fraction of sp³-hybridized carbons (Fsp3) is 0.750. The number of aryl methyl sites for hydroxylation is 1. The third-order valence-corrected chi connectivity index (χ3v) is 3.12. The van der Waals surface area contributed by atoms with E-state index in [4.69, 9.17) is 4.74 Å². The Morgan fingerprint density at radius 1 is 1.56 bits per heavy atom. The zero-order valence-electron chi connectivity index (χ0n) is 10.3. The van der Waals surface area contributed by atoms with Gasteiger partial charge in [0.05, 0.1) is 6.10 Å². The highest BCUT2D eigenvalue weighted by Crippen LogP contribution is 2.22. The number of anilines is 1. The largest absolute Gasteiger partial charge is 0.378 e. The van der Waals surface area contributed by atoms with Crippen molar-refractivity contribution in [2.24, 2.45) is 13.0 Å². The first-order chi connectivity index (χ1) is 7.65. The third kappa shape index (κ3) is 2.76. The van der Waals surface area contributed by atoms with Crippen molar-refractivity contribution in [2.45, 2.75) is 38.8 Å². The Kier molecular flexibility index (Phi) is 3.49. The maximum absolute atomic E-state index is 5.75. The second kappa shape index (κ2) is 4.87. The van der Waals surface area contributed by atoms with Gasteiger partial charge in [-0.15, -0.1) is 0 Å².